The van der Waals surface area contributed by atoms with E-state index in [1.165, 1.54) is 30.0 Å². The van der Waals surface area contributed by atoms with Crippen molar-refractivity contribution in [1.82, 2.24) is 5.32 Å². The second-order valence-corrected chi connectivity index (χ2v) is 5.20. The Morgan fingerprint density at radius 2 is 2.10 bits per heavy atom. The number of carboxylic acid groups (broad SMARTS) is 1. The van der Waals surface area contributed by atoms with Crippen LogP contribution >= 0.6 is 11.8 Å². The summed E-state index contributed by atoms with van der Waals surface area (Å²) >= 11 is 1.54. The molecule has 0 radical (unpaired) electrons. The predicted molar refractivity (Wildman–Crippen MR) is 81.5 cm³/mol. The second kappa shape index (κ2) is 8.15. The van der Waals surface area contributed by atoms with Crippen LogP contribution in [0.25, 0.3) is 0 Å². The van der Waals surface area contributed by atoms with Crippen LogP contribution in [0, 0.1) is 0 Å². The smallest absolute Gasteiger partial charge is 0.335 e. The average molecular weight is 311 g/mol. The van der Waals surface area contributed by atoms with Gasteiger partial charge in [0.05, 0.1) is 5.56 Å². The van der Waals surface area contributed by atoms with Crippen molar-refractivity contribution in [2.45, 2.75) is 12.5 Å². The van der Waals surface area contributed by atoms with Gasteiger partial charge in [0.15, 0.2) is 0 Å². The van der Waals surface area contributed by atoms with Gasteiger partial charge in [-0.05, 0) is 36.6 Å². The van der Waals surface area contributed by atoms with E-state index >= 15 is 0 Å². The van der Waals surface area contributed by atoms with Gasteiger partial charge in [0.1, 0.15) is 6.04 Å². The number of carbonyl (C=O) groups is 3. The van der Waals surface area contributed by atoms with Gasteiger partial charge in [0.25, 0.3) is 0 Å². The summed E-state index contributed by atoms with van der Waals surface area (Å²) in [5, 5.41) is 13.8. The van der Waals surface area contributed by atoms with Crippen molar-refractivity contribution >= 4 is 35.4 Å². The molecule has 0 heterocycles. The third-order valence-corrected chi connectivity index (χ3v) is 3.26. The molecule has 0 spiro atoms. The number of rotatable bonds is 7. The van der Waals surface area contributed by atoms with E-state index < -0.39 is 23.9 Å². The van der Waals surface area contributed by atoms with E-state index in [1.807, 2.05) is 6.26 Å². The summed E-state index contributed by atoms with van der Waals surface area (Å²) in [6.07, 6.45) is 2.31. The van der Waals surface area contributed by atoms with Gasteiger partial charge in [-0.3, -0.25) is 4.79 Å². The lowest BCUT2D eigenvalue weighted by Gasteiger charge is -2.17. The molecular formula is C13H17N3O4S. The van der Waals surface area contributed by atoms with Crippen LogP contribution in [-0.2, 0) is 4.79 Å². The summed E-state index contributed by atoms with van der Waals surface area (Å²) in [5.41, 5.74) is 5.46. The van der Waals surface area contributed by atoms with Crippen molar-refractivity contribution in [2.24, 2.45) is 5.73 Å². The first-order valence-corrected chi connectivity index (χ1v) is 7.52. The van der Waals surface area contributed by atoms with Crippen molar-refractivity contribution in [3.8, 4) is 0 Å². The Morgan fingerprint density at radius 3 is 2.67 bits per heavy atom. The van der Waals surface area contributed by atoms with Crippen molar-refractivity contribution in [3.05, 3.63) is 29.8 Å². The third-order valence-electron chi connectivity index (χ3n) is 2.62. The number of urea groups is 1. The minimum absolute atomic E-state index is 0.0660. The van der Waals surface area contributed by atoms with Crippen LogP contribution in [0.2, 0.25) is 0 Å². The van der Waals surface area contributed by atoms with Crippen LogP contribution < -0.4 is 16.4 Å². The maximum absolute atomic E-state index is 12.1. The van der Waals surface area contributed by atoms with E-state index in [0.717, 1.165) is 0 Å². The highest BCUT2D eigenvalue weighted by Crippen LogP contribution is 2.12. The number of carboxylic acids is 1. The molecule has 1 rings (SSSR count). The number of nitrogens with two attached hydrogens (primary N) is 1. The standard InChI is InChI=1S/C13H17N3O4S/c1-21-6-5-10(16-13(14)20)11(17)15-9-4-2-3-8(7-9)12(18)19/h2-4,7,10H,5-6H2,1H3,(H,15,17)(H,18,19)(H3,14,16,20). The lowest BCUT2D eigenvalue weighted by Crippen LogP contribution is -2.46. The first-order chi connectivity index (χ1) is 9.93. The number of benzene rings is 1. The van der Waals surface area contributed by atoms with E-state index in [9.17, 15) is 14.4 Å². The van der Waals surface area contributed by atoms with Gasteiger partial charge in [-0.15, -0.1) is 0 Å². The third kappa shape index (κ3) is 5.74. The fourth-order valence-corrected chi connectivity index (χ4v) is 2.11. The number of nitrogens with one attached hydrogen (secondary N) is 2. The molecule has 0 aliphatic heterocycles. The molecule has 0 fully saturated rings. The van der Waals surface area contributed by atoms with Gasteiger partial charge >= 0.3 is 12.0 Å². The number of carbonyl (C=O) groups excluding carboxylic acids is 2. The Bertz CT molecular complexity index is 536. The molecule has 1 aromatic carbocycles. The Kier molecular flexibility index (Phi) is 6.54. The van der Waals surface area contributed by atoms with Crippen LogP contribution in [0.4, 0.5) is 10.5 Å². The quantitative estimate of drug-likeness (QED) is 0.601. The Hall–Kier alpha value is -2.22. The molecule has 3 amide bonds. The monoisotopic (exact) mass is 311 g/mol. The number of hydrogen-bond acceptors (Lipinski definition) is 4. The zero-order valence-corrected chi connectivity index (χ0v) is 12.3. The van der Waals surface area contributed by atoms with Gasteiger partial charge in [-0.25, -0.2) is 9.59 Å². The first kappa shape index (κ1) is 16.8. The fraction of sp³-hybridized carbons (Fsp3) is 0.308. The highest BCUT2D eigenvalue weighted by Gasteiger charge is 2.19. The fourth-order valence-electron chi connectivity index (χ4n) is 1.64. The van der Waals surface area contributed by atoms with Crippen molar-refractivity contribution in [2.75, 3.05) is 17.3 Å². The predicted octanol–water partition coefficient (Wildman–Crippen LogP) is 1.11. The molecule has 5 N–H and O–H groups in total. The molecule has 8 heteroatoms. The molecule has 0 aliphatic carbocycles. The number of amides is 3. The molecular weight excluding hydrogens is 294 g/mol. The number of primary amides is 1. The van der Waals surface area contributed by atoms with Gasteiger partial charge in [0.2, 0.25) is 5.91 Å². The molecule has 0 aromatic heterocycles. The normalized spacial score (nSPS) is 11.5. The van der Waals surface area contributed by atoms with Gasteiger partial charge in [-0.2, -0.15) is 11.8 Å². The van der Waals surface area contributed by atoms with E-state index in [4.69, 9.17) is 10.8 Å². The summed E-state index contributed by atoms with van der Waals surface area (Å²) in [7, 11) is 0. The van der Waals surface area contributed by atoms with Gasteiger partial charge in [0, 0.05) is 5.69 Å². The molecule has 0 saturated carbocycles. The second-order valence-electron chi connectivity index (χ2n) is 4.22. The number of hydrogen-bond donors (Lipinski definition) is 4. The summed E-state index contributed by atoms with van der Waals surface area (Å²) in [6.45, 7) is 0. The highest BCUT2D eigenvalue weighted by molar-refractivity contribution is 7.98. The highest BCUT2D eigenvalue weighted by atomic mass is 32.2. The van der Waals surface area contributed by atoms with Crippen LogP contribution in [0.1, 0.15) is 16.8 Å². The largest absolute Gasteiger partial charge is 0.478 e. The molecule has 1 unspecified atom stereocenters. The molecule has 0 saturated heterocycles. The Balaban J connectivity index is 2.77. The SMILES string of the molecule is CSCCC(NC(N)=O)C(=O)Nc1cccc(C(=O)O)c1. The maximum atomic E-state index is 12.1. The zero-order valence-electron chi connectivity index (χ0n) is 11.5. The molecule has 1 atom stereocenters. The number of aromatic carboxylic acids is 1. The molecule has 0 bridgehead atoms. The molecule has 7 nitrogen and oxygen atoms in total. The zero-order chi connectivity index (χ0) is 15.8. The van der Waals surface area contributed by atoms with E-state index in [-0.39, 0.29) is 5.56 Å². The molecule has 114 valence electrons. The van der Waals surface area contributed by atoms with E-state index in [2.05, 4.69) is 10.6 Å². The van der Waals surface area contributed by atoms with E-state index in [1.54, 1.807) is 6.07 Å². The minimum Gasteiger partial charge on any atom is -0.478 e. The molecule has 1 aromatic rings. The Labute approximate surface area is 126 Å². The maximum Gasteiger partial charge on any atom is 0.335 e. The Morgan fingerprint density at radius 1 is 1.38 bits per heavy atom. The number of anilines is 1. The van der Waals surface area contributed by atoms with Crippen LogP contribution in [0.5, 0.6) is 0 Å². The minimum atomic E-state index is -1.08. The summed E-state index contributed by atoms with van der Waals surface area (Å²) < 4.78 is 0. The molecule has 0 aliphatic rings. The van der Waals surface area contributed by atoms with E-state index in [0.29, 0.717) is 17.9 Å². The lowest BCUT2D eigenvalue weighted by molar-refractivity contribution is -0.117. The lowest BCUT2D eigenvalue weighted by atomic mass is 10.1. The van der Waals surface area contributed by atoms with Crippen molar-refractivity contribution < 1.29 is 19.5 Å². The van der Waals surface area contributed by atoms with Crippen molar-refractivity contribution in [3.63, 3.8) is 0 Å². The summed E-state index contributed by atoms with van der Waals surface area (Å²) in [6, 6.07) is 4.32. The van der Waals surface area contributed by atoms with Crippen molar-refractivity contribution in [1.29, 1.82) is 0 Å². The van der Waals surface area contributed by atoms with Crippen LogP contribution in [0.15, 0.2) is 24.3 Å². The number of thioether (sulfide) groups is 1. The van der Waals surface area contributed by atoms with Gasteiger partial charge in [-0.1, -0.05) is 6.07 Å². The summed E-state index contributed by atoms with van der Waals surface area (Å²) in [4.78, 5) is 33.9. The average Bonchev–Trinajstić information content (AvgIpc) is 2.43. The topological polar surface area (TPSA) is 122 Å². The van der Waals surface area contributed by atoms with Crippen LogP contribution in [0.3, 0.4) is 0 Å². The van der Waals surface area contributed by atoms with Gasteiger partial charge < -0.3 is 21.5 Å². The summed E-state index contributed by atoms with van der Waals surface area (Å²) in [5.74, 6) is -0.848. The first-order valence-electron chi connectivity index (χ1n) is 6.13. The van der Waals surface area contributed by atoms with Crippen LogP contribution in [-0.4, -0.2) is 41.1 Å². The molecule has 21 heavy (non-hydrogen) atoms.